The second-order valence-electron chi connectivity index (χ2n) is 4.17. The highest BCUT2D eigenvalue weighted by Crippen LogP contribution is 2.40. The van der Waals surface area contributed by atoms with E-state index in [0.29, 0.717) is 5.41 Å². The molecular formula is C11H18N2O. The molecule has 1 N–H and O–H groups in total. The third-order valence-electron chi connectivity index (χ3n) is 3.31. The molecule has 0 aromatic rings. The maximum atomic E-state index is 11.1. The van der Waals surface area contributed by atoms with Crippen LogP contribution in [0, 0.1) is 16.7 Å². The van der Waals surface area contributed by atoms with Gasteiger partial charge >= 0.3 is 0 Å². The summed E-state index contributed by atoms with van der Waals surface area (Å²) in [6.45, 7) is 2.94. The van der Waals surface area contributed by atoms with Gasteiger partial charge in [-0.1, -0.05) is 19.8 Å². The zero-order valence-electron chi connectivity index (χ0n) is 8.81. The molecule has 0 bridgehead atoms. The molecule has 0 saturated heterocycles. The Kier molecular flexibility index (Phi) is 3.94. The molecule has 0 aromatic carbocycles. The van der Waals surface area contributed by atoms with E-state index < -0.39 is 0 Å². The van der Waals surface area contributed by atoms with Crippen LogP contribution in [0.2, 0.25) is 0 Å². The fourth-order valence-electron chi connectivity index (χ4n) is 2.20. The van der Waals surface area contributed by atoms with Gasteiger partial charge in [-0.25, -0.2) is 0 Å². The standard InChI is InChI=1S/C11H18N2O/c1-2-11(6-3-4-7-11)9-13-10(14)5-8-12/h2-7,9H2,1H3,(H,13,14). The Morgan fingerprint density at radius 3 is 2.64 bits per heavy atom. The normalized spacial score (nSPS) is 18.9. The van der Waals surface area contributed by atoms with Gasteiger partial charge in [0.15, 0.2) is 0 Å². The van der Waals surface area contributed by atoms with Crippen LogP contribution in [-0.2, 0) is 4.79 Å². The minimum atomic E-state index is -0.132. The fourth-order valence-corrected chi connectivity index (χ4v) is 2.20. The molecule has 0 heterocycles. The number of carbonyl (C=O) groups is 1. The van der Waals surface area contributed by atoms with E-state index in [2.05, 4.69) is 12.2 Å². The van der Waals surface area contributed by atoms with Crippen LogP contribution >= 0.6 is 0 Å². The lowest BCUT2D eigenvalue weighted by Gasteiger charge is -2.27. The Morgan fingerprint density at radius 1 is 1.50 bits per heavy atom. The largest absolute Gasteiger partial charge is 0.355 e. The SMILES string of the molecule is CCC1(CNC(=O)CC#N)CCCC1. The Bertz CT molecular complexity index is 236. The Labute approximate surface area is 85.5 Å². The highest BCUT2D eigenvalue weighted by molar-refractivity contribution is 5.77. The number of nitrogens with one attached hydrogen (secondary N) is 1. The van der Waals surface area contributed by atoms with E-state index >= 15 is 0 Å². The first-order valence-electron chi connectivity index (χ1n) is 5.36. The number of nitriles is 1. The van der Waals surface area contributed by atoms with Gasteiger partial charge in [-0.2, -0.15) is 5.26 Å². The van der Waals surface area contributed by atoms with Crippen molar-refractivity contribution in [3.05, 3.63) is 0 Å². The summed E-state index contributed by atoms with van der Waals surface area (Å²) in [7, 11) is 0. The van der Waals surface area contributed by atoms with Gasteiger partial charge in [-0.3, -0.25) is 4.79 Å². The van der Waals surface area contributed by atoms with Crippen LogP contribution in [0.1, 0.15) is 45.4 Å². The third kappa shape index (κ3) is 2.73. The maximum absolute atomic E-state index is 11.1. The first-order chi connectivity index (χ1) is 6.72. The molecule has 3 nitrogen and oxygen atoms in total. The zero-order valence-corrected chi connectivity index (χ0v) is 8.81. The van der Waals surface area contributed by atoms with Crippen LogP contribution in [0.15, 0.2) is 0 Å². The molecule has 1 aliphatic carbocycles. The molecule has 3 heteroatoms. The maximum Gasteiger partial charge on any atom is 0.234 e. The van der Waals surface area contributed by atoms with E-state index in [9.17, 15) is 4.79 Å². The van der Waals surface area contributed by atoms with Gasteiger partial charge in [0.2, 0.25) is 5.91 Å². The predicted octanol–water partition coefficient (Wildman–Crippen LogP) is 1.99. The molecule has 1 saturated carbocycles. The second kappa shape index (κ2) is 4.99. The summed E-state index contributed by atoms with van der Waals surface area (Å²) in [6.07, 6.45) is 6.11. The van der Waals surface area contributed by atoms with Crippen molar-refractivity contribution < 1.29 is 4.79 Å². The summed E-state index contributed by atoms with van der Waals surface area (Å²) in [5.74, 6) is -0.132. The van der Waals surface area contributed by atoms with Crippen LogP contribution in [-0.4, -0.2) is 12.5 Å². The summed E-state index contributed by atoms with van der Waals surface area (Å²) in [4.78, 5) is 11.1. The highest BCUT2D eigenvalue weighted by Gasteiger charge is 2.31. The summed E-state index contributed by atoms with van der Waals surface area (Å²) < 4.78 is 0. The van der Waals surface area contributed by atoms with Gasteiger partial charge in [0.05, 0.1) is 6.07 Å². The predicted molar refractivity (Wildman–Crippen MR) is 54.4 cm³/mol. The molecule has 0 aromatic heterocycles. The number of hydrogen-bond acceptors (Lipinski definition) is 2. The van der Waals surface area contributed by atoms with Crippen LogP contribution < -0.4 is 5.32 Å². The minimum Gasteiger partial charge on any atom is -0.355 e. The molecule has 0 spiro atoms. The monoisotopic (exact) mass is 194 g/mol. The van der Waals surface area contributed by atoms with Gasteiger partial charge in [0.25, 0.3) is 0 Å². The van der Waals surface area contributed by atoms with Crippen LogP contribution in [0.4, 0.5) is 0 Å². The van der Waals surface area contributed by atoms with E-state index in [1.54, 1.807) is 0 Å². The van der Waals surface area contributed by atoms with E-state index in [1.165, 1.54) is 25.7 Å². The van der Waals surface area contributed by atoms with Crippen molar-refractivity contribution in [1.82, 2.24) is 5.32 Å². The van der Waals surface area contributed by atoms with Crippen LogP contribution in [0.5, 0.6) is 0 Å². The minimum absolute atomic E-state index is 0.0141. The fraction of sp³-hybridized carbons (Fsp3) is 0.818. The molecule has 0 aliphatic heterocycles. The van der Waals surface area contributed by atoms with Crippen molar-refractivity contribution in [2.24, 2.45) is 5.41 Å². The van der Waals surface area contributed by atoms with Crippen molar-refractivity contribution in [3.8, 4) is 6.07 Å². The summed E-state index contributed by atoms with van der Waals surface area (Å²) >= 11 is 0. The molecular weight excluding hydrogens is 176 g/mol. The highest BCUT2D eigenvalue weighted by atomic mass is 16.1. The smallest absolute Gasteiger partial charge is 0.234 e. The summed E-state index contributed by atoms with van der Waals surface area (Å²) in [5, 5.41) is 11.2. The van der Waals surface area contributed by atoms with Gasteiger partial charge < -0.3 is 5.32 Å². The zero-order chi connectivity index (χ0) is 10.4. The van der Waals surface area contributed by atoms with Crippen LogP contribution in [0.25, 0.3) is 0 Å². The molecule has 1 fully saturated rings. The quantitative estimate of drug-likeness (QED) is 0.744. The summed E-state index contributed by atoms with van der Waals surface area (Å²) in [6, 6.07) is 1.86. The molecule has 14 heavy (non-hydrogen) atoms. The average molecular weight is 194 g/mol. The Balaban J connectivity index is 2.35. The molecule has 1 rings (SSSR count). The van der Waals surface area contributed by atoms with Gasteiger partial charge in [-0.05, 0) is 24.7 Å². The number of hydrogen-bond donors (Lipinski definition) is 1. The number of carbonyl (C=O) groups excluding carboxylic acids is 1. The second-order valence-corrected chi connectivity index (χ2v) is 4.17. The lowest BCUT2D eigenvalue weighted by molar-refractivity contribution is -0.120. The van der Waals surface area contributed by atoms with Crippen molar-refractivity contribution in [2.45, 2.75) is 45.4 Å². The van der Waals surface area contributed by atoms with Gasteiger partial charge in [-0.15, -0.1) is 0 Å². The van der Waals surface area contributed by atoms with Crippen molar-refractivity contribution >= 4 is 5.91 Å². The first kappa shape index (κ1) is 11.0. The van der Waals surface area contributed by atoms with E-state index in [-0.39, 0.29) is 12.3 Å². The summed E-state index contributed by atoms with van der Waals surface area (Å²) in [5.41, 5.74) is 0.325. The average Bonchev–Trinajstić information content (AvgIpc) is 2.65. The molecule has 0 unspecified atom stereocenters. The Morgan fingerprint density at radius 2 is 2.14 bits per heavy atom. The number of amides is 1. The lowest BCUT2D eigenvalue weighted by atomic mass is 9.83. The molecule has 0 atom stereocenters. The van der Waals surface area contributed by atoms with Crippen molar-refractivity contribution in [3.63, 3.8) is 0 Å². The van der Waals surface area contributed by atoms with E-state index in [0.717, 1.165) is 13.0 Å². The topological polar surface area (TPSA) is 52.9 Å². The molecule has 1 aliphatic rings. The van der Waals surface area contributed by atoms with Crippen molar-refractivity contribution in [1.29, 1.82) is 5.26 Å². The number of rotatable bonds is 4. The van der Waals surface area contributed by atoms with Crippen molar-refractivity contribution in [2.75, 3.05) is 6.54 Å². The Hall–Kier alpha value is -1.04. The molecule has 1 amide bonds. The van der Waals surface area contributed by atoms with Gasteiger partial charge in [0.1, 0.15) is 6.42 Å². The van der Waals surface area contributed by atoms with E-state index in [1.807, 2.05) is 6.07 Å². The molecule has 78 valence electrons. The van der Waals surface area contributed by atoms with Crippen LogP contribution in [0.3, 0.4) is 0 Å². The number of nitrogens with zero attached hydrogens (tertiary/aromatic N) is 1. The molecule has 0 radical (unpaired) electrons. The van der Waals surface area contributed by atoms with E-state index in [4.69, 9.17) is 5.26 Å². The third-order valence-corrected chi connectivity index (χ3v) is 3.31. The van der Waals surface area contributed by atoms with Gasteiger partial charge in [0, 0.05) is 6.54 Å². The lowest BCUT2D eigenvalue weighted by Crippen LogP contribution is -2.35. The first-order valence-corrected chi connectivity index (χ1v) is 5.36.